The van der Waals surface area contributed by atoms with Gasteiger partial charge < -0.3 is 59.4 Å². The molecular weight excluding hydrogens is 544 g/mol. The lowest BCUT2D eigenvalue weighted by Gasteiger charge is -2.49. The minimum absolute atomic E-state index is 0.0512. The number of ether oxygens (including phenoxy) is 5. The highest BCUT2D eigenvalue weighted by molar-refractivity contribution is 5.66. The monoisotopic (exact) mass is 588 g/mol. The first-order valence-electron chi connectivity index (χ1n) is 13.9. The van der Waals surface area contributed by atoms with Gasteiger partial charge in [-0.05, 0) is 23.0 Å². The van der Waals surface area contributed by atoms with Gasteiger partial charge in [-0.25, -0.2) is 4.79 Å². The van der Waals surface area contributed by atoms with E-state index in [2.05, 4.69) is 0 Å². The van der Waals surface area contributed by atoms with Crippen LogP contribution in [0.25, 0.3) is 0 Å². The largest absolute Gasteiger partial charge is 0.513 e. The van der Waals surface area contributed by atoms with E-state index in [1.54, 1.807) is 0 Å². The van der Waals surface area contributed by atoms with Crippen LogP contribution in [0.4, 0.5) is 4.79 Å². The molecule has 2 aliphatic heterocycles. The lowest BCUT2D eigenvalue weighted by Crippen LogP contribution is -2.67. The van der Waals surface area contributed by atoms with Crippen LogP contribution in [0.15, 0.2) is 18.2 Å². The van der Waals surface area contributed by atoms with Gasteiger partial charge in [0.1, 0.15) is 36.3 Å². The number of para-hydroxylation sites is 1. The van der Waals surface area contributed by atoms with Crippen molar-refractivity contribution in [3.8, 4) is 5.75 Å². The standard InChI is InChI=1S/C28H44O13/c1-13(2)15-7-5-8-16(14(3)4)25(15)41-28(36)38-10-6-9-37-27-24(35)21(32)19(17(11-29)40-27)26-23(34)22(33)20(31)18(12-30)39-26/h5,7-8,13-14,17-24,26-27,29-35H,6,9-12H2,1-4H3/t17?,18?,19?,20-,21?,22?,23-,24-,26-,27?/m1/s1. The number of carbonyl (C=O) groups excluding carboxylic acids is 1. The van der Waals surface area contributed by atoms with Gasteiger partial charge in [0.05, 0.1) is 44.7 Å². The zero-order valence-corrected chi connectivity index (χ0v) is 23.8. The minimum Gasteiger partial charge on any atom is -0.434 e. The van der Waals surface area contributed by atoms with Gasteiger partial charge in [-0.2, -0.15) is 0 Å². The Bertz CT molecular complexity index is 942. The lowest BCUT2D eigenvalue weighted by atomic mass is 9.79. The van der Waals surface area contributed by atoms with Crippen LogP contribution in [-0.4, -0.2) is 123 Å². The quantitative estimate of drug-likeness (QED) is 0.101. The first-order valence-corrected chi connectivity index (χ1v) is 13.9. The van der Waals surface area contributed by atoms with E-state index < -0.39 is 80.4 Å². The van der Waals surface area contributed by atoms with E-state index in [0.29, 0.717) is 5.75 Å². The molecule has 1 aromatic carbocycles. The third kappa shape index (κ3) is 7.73. The van der Waals surface area contributed by atoms with E-state index in [-0.39, 0.29) is 31.5 Å². The Hall–Kier alpha value is -1.91. The van der Waals surface area contributed by atoms with E-state index in [9.17, 15) is 40.5 Å². The summed E-state index contributed by atoms with van der Waals surface area (Å²) in [5, 5.41) is 71.4. The van der Waals surface area contributed by atoms with Gasteiger partial charge in [0, 0.05) is 12.3 Å². The molecule has 2 saturated heterocycles. The van der Waals surface area contributed by atoms with Gasteiger partial charge in [-0.15, -0.1) is 0 Å². The summed E-state index contributed by atoms with van der Waals surface area (Å²) >= 11 is 0. The first-order chi connectivity index (χ1) is 19.4. The Morgan fingerprint density at radius 1 is 0.805 bits per heavy atom. The summed E-state index contributed by atoms with van der Waals surface area (Å²) in [6.45, 7) is 6.55. The third-order valence-electron chi connectivity index (χ3n) is 7.55. The van der Waals surface area contributed by atoms with Gasteiger partial charge >= 0.3 is 6.16 Å². The summed E-state index contributed by atoms with van der Waals surface area (Å²) in [4.78, 5) is 12.4. The number of benzene rings is 1. The second-order valence-electron chi connectivity index (χ2n) is 11.1. The fourth-order valence-corrected chi connectivity index (χ4v) is 5.24. The normalized spacial score (nSPS) is 34.2. The highest BCUT2D eigenvalue weighted by atomic mass is 16.7. The average Bonchev–Trinajstić information content (AvgIpc) is 2.94. The van der Waals surface area contributed by atoms with E-state index in [0.717, 1.165) is 11.1 Å². The van der Waals surface area contributed by atoms with E-state index >= 15 is 0 Å². The molecule has 6 unspecified atom stereocenters. The molecule has 2 fully saturated rings. The third-order valence-corrected chi connectivity index (χ3v) is 7.55. The molecule has 7 N–H and O–H groups in total. The van der Waals surface area contributed by atoms with Crippen molar-refractivity contribution in [2.45, 2.75) is 101 Å². The number of hydrogen-bond donors (Lipinski definition) is 7. The van der Waals surface area contributed by atoms with Gasteiger partial charge in [-0.3, -0.25) is 0 Å². The summed E-state index contributed by atoms with van der Waals surface area (Å²) in [6, 6.07) is 5.73. The highest BCUT2D eigenvalue weighted by Crippen LogP contribution is 2.37. The van der Waals surface area contributed by atoms with Crippen LogP contribution < -0.4 is 4.74 Å². The van der Waals surface area contributed by atoms with Crippen LogP contribution in [0, 0.1) is 5.92 Å². The molecule has 10 atom stereocenters. The van der Waals surface area contributed by atoms with Crippen LogP contribution in [0.3, 0.4) is 0 Å². The van der Waals surface area contributed by atoms with Crippen LogP contribution in [-0.2, 0) is 18.9 Å². The molecule has 1 aromatic rings. The molecule has 3 rings (SSSR count). The Morgan fingerprint density at radius 2 is 1.41 bits per heavy atom. The fraction of sp³-hybridized carbons (Fsp3) is 0.750. The topological polar surface area (TPSA) is 205 Å². The van der Waals surface area contributed by atoms with E-state index in [4.69, 9.17) is 23.7 Å². The summed E-state index contributed by atoms with van der Waals surface area (Å²) in [6.07, 6.45) is -14.1. The lowest BCUT2D eigenvalue weighted by molar-refractivity contribution is -0.324. The summed E-state index contributed by atoms with van der Waals surface area (Å²) < 4.78 is 27.4. The molecule has 0 radical (unpaired) electrons. The minimum atomic E-state index is -1.70. The van der Waals surface area contributed by atoms with Crippen molar-refractivity contribution < 1.29 is 64.2 Å². The predicted molar refractivity (Wildman–Crippen MR) is 142 cm³/mol. The number of aliphatic hydroxyl groups is 7. The maximum Gasteiger partial charge on any atom is 0.513 e. The van der Waals surface area contributed by atoms with Crippen molar-refractivity contribution in [3.05, 3.63) is 29.3 Å². The van der Waals surface area contributed by atoms with Gasteiger partial charge in [0.15, 0.2) is 6.29 Å². The number of aliphatic hydroxyl groups excluding tert-OH is 7. The molecule has 2 aliphatic rings. The second kappa shape index (κ2) is 15.0. The molecule has 0 bridgehead atoms. The van der Waals surface area contributed by atoms with Crippen molar-refractivity contribution in [3.63, 3.8) is 0 Å². The number of rotatable bonds is 11. The predicted octanol–water partition coefficient (Wildman–Crippen LogP) is -0.247. The summed E-state index contributed by atoms with van der Waals surface area (Å²) in [7, 11) is 0. The smallest absolute Gasteiger partial charge is 0.434 e. The van der Waals surface area contributed by atoms with Crippen LogP contribution in [0.1, 0.15) is 57.1 Å². The molecule has 0 aromatic heterocycles. The molecule has 0 saturated carbocycles. The van der Waals surface area contributed by atoms with Gasteiger partial charge in [0.2, 0.25) is 0 Å². The van der Waals surface area contributed by atoms with Crippen LogP contribution in [0.5, 0.6) is 5.75 Å². The van der Waals surface area contributed by atoms with Crippen molar-refractivity contribution in [2.24, 2.45) is 5.92 Å². The number of hydrogen-bond acceptors (Lipinski definition) is 13. The Balaban J connectivity index is 1.52. The molecule has 41 heavy (non-hydrogen) atoms. The SMILES string of the molecule is CC(C)c1cccc(C(C)C)c1OC(=O)OCCCOC1OC(CO)C([C@H]2OC(CO)[C@@H](O)C(O)[C@H]2O)C(O)[C@H]1O. The van der Waals surface area contributed by atoms with Gasteiger partial charge in [0.25, 0.3) is 0 Å². The van der Waals surface area contributed by atoms with Crippen LogP contribution >= 0.6 is 0 Å². The average molecular weight is 589 g/mol. The first kappa shape index (κ1) is 33.6. The molecule has 234 valence electrons. The second-order valence-corrected chi connectivity index (χ2v) is 11.1. The molecule has 13 nitrogen and oxygen atoms in total. The van der Waals surface area contributed by atoms with Crippen LogP contribution in [0.2, 0.25) is 0 Å². The number of carbonyl (C=O) groups is 1. The summed E-state index contributed by atoms with van der Waals surface area (Å²) in [5.74, 6) is -0.491. The maximum absolute atomic E-state index is 12.4. The fourth-order valence-electron chi connectivity index (χ4n) is 5.24. The van der Waals surface area contributed by atoms with Crippen molar-refractivity contribution in [2.75, 3.05) is 26.4 Å². The van der Waals surface area contributed by atoms with Crippen molar-refractivity contribution in [1.29, 1.82) is 0 Å². The zero-order chi connectivity index (χ0) is 30.4. The van der Waals surface area contributed by atoms with E-state index in [1.165, 1.54) is 0 Å². The van der Waals surface area contributed by atoms with Crippen molar-refractivity contribution in [1.82, 2.24) is 0 Å². The Morgan fingerprint density at radius 3 is 1.98 bits per heavy atom. The molecule has 0 amide bonds. The highest BCUT2D eigenvalue weighted by Gasteiger charge is 2.55. The van der Waals surface area contributed by atoms with Crippen molar-refractivity contribution >= 4 is 6.16 Å². The van der Waals surface area contributed by atoms with Gasteiger partial charge in [-0.1, -0.05) is 45.9 Å². The zero-order valence-electron chi connectivity index (χ0n) is 23.8. The molecule has 13 heteroatoms. The molecular formula is C28H44O13. The van der Waals surface area contributed by atoms with E-state index in [1.807, 2.05) is 45.9 Å². The Labute approximate surface area is 239 Å². The molecule has 0 aliphatic carbocycles. The molecule has 0 spiro atoms. The summed E-state index contributed by atoms with van der Waals surface area (Å²) in [5.41, 5.74) is 1.78. The molecule has 2 heterocycles. The Kier molecular flexibility index (Phi) is 12.3. The maximum atomic E-state index is 12.4.